The molecular weight excluding hydrogens is 360 g/mol. The second-order valence-electron chi connectivity index (χ2n) is 8.40. The Kier molecular flexibility index (Phi) is 5.04. The van der Waals surface area contributed by atoms with Gasteiger partial charge in [-0.05, 0) is 67.7 Å². The monoisotopic (exact) mass is 388 g/mol. The van der Waals surface area contributed by atoms with Crippen molar-refractivity contribution in [2.45, 2.75) is 24.8 Å². The molecule has 2 aliphatic rings. The first-order valence-corrected chi connectivity index (χ1v) is 10.7. The number of aliphatic hydroxyl groups excluding tert-OH is 1. The molecule has 2 saturated heterocycles. The molecule has 1 atom stereocenters. The summed E-state index contributed by atoms with van der Waals surface area (Å²) in [6.07, 6.45) is 5.02. The van der Waals surface area contributed by atoms with Crippen molar-refractivity contribution in [1.29, 1.82) is 0 Å². The van der Waals surface area contributed by atoms with Crippen LogP contribution in [0.4, 0.5) is 0 Å². The molecule has 2 N–H and O–H groups in total. The van der Waals surface area contributed by atoms with Crippen LogP contribution in [-0.4, -0.2) is 52.8 Å². The van der Waals surface area contributed by atoms with Crippen molar-refractivity contribution in [2.24, 2.45) is 5.92 Å². The van der Waals surface area contributed by atoms with Crippen molar-refractivity contribution in [3.8, 4) is 11.3 Å². The van der Waals surface area contributed by atoms with Gasteiger partial charge >= 0.3 is 0 Å². The molecular formula is C24H28N4O. The Hall–Kier alpha value is -2.34. The van der Waals surface area contributed by atoms with Crippen LogP contribution in [0, 0.1) is 5.92 Å². The van der Waals surface area contributed by atoms with E-state index in [1.807, 2.05) is 12.3 Å². The maximum Gasteiger partial charge on any atom is 0.150 e. The van der Waals surface area contributed by atoms with E-state index >= 15 is 0 Å². The van der Waals surface area contributed by atoms with Crippen molar-refractivity contribution >= 4 is 10.8 Å². The summed E-state index contributed by atoms with van der Waals surface area (Å²) in [7, 11) is 0. The summed E-state index contributed by atoms with van der Waals surface area (Å²) in [4.78, 5) is 12.4. The summed E-state index contributed by atoms with van der Waals surface area (Å²) in [6, 6.07) is 17.0. The van der Waals surface area contributed by atoms with Crippen LogP contribution < -0.4 is 5.32 Å². The zero-order valence-electron chi connectivity index (χ0n) is 16.7. The van der Waals surface area contributed by atoms with Crippen LogP contribution >= 0.6 is 0 Å². The number of hydrogen-bond donors (Lipinski definition) is 2. The number of hydrogen-bond acceptors (Lipinski definition) is 5. The number of aliphatic hydroxyl groups is 1. The van der Waals surface area contributed by atoms with E-state index in [0.717, 1.165) is 62.5 Å². The van der Waals surface area contributed by atoms with Crippen molar-refractivity contribution in [2.75, 3.05) is 32.8 Å². The highest BCUT2D eigenvalue weighted by molar-refractivity contribution is 5.86. The molecule has 3 heterocycles. The fourth-order valence-corrected chi connectivity index (χ4v) is 4.92. The normalized spacial score (nSPS) is 23.6. The van der Waals surface area contributed by atoms with Gasteiger partial charge in [0, 0.05) is 24.9 Å². The standard InChI is InChI=1S/C24H28N4O/c29-16-18-8-13-28(14-9-18)24(10-12-25-17-24)23-26-11-7-22(27-23)21-6-5-19-3-1-2-4-20(19)15-21/h1-7,11,15,18,25,29H,8-10,12-14,16-17H2/t24-/m0/s1. The van der Waals surface area contributed by atoms with Gasteiger partial charge in [0.1, 0.15) is 0 Å². The van der Waals surface area contributed by atoms with Crippen LogP contribution in [0.25, 0.3) is 22.0 Å². The van der Waals surface area contributed by atoms with E-state index in [1.165, 1.54) is 10.8 Å². The first-order chi connectivity index (χ1) is 14.3. The first-order valence-electron chi connectivity index (χ1n) is 10.7. The molecule has 0 spiro atoms. The minimum absolute atomic E-state index is 0.146. The predicted molar refractivity (Wildman–Crippen MR) is 116 cm³/mol. The second-order valence-corrected chi connectivity index (χ2v) is 8.40. The third-order valence-electron chi connectivity index (χ3n) is 6.73. The summed E-state index contributed by atoms with van der Waals surface area (Å²) in [5.41, 5.74) is 1.97. The van der Waals surface area contributed by atoms with Gasteiger partial charge in [-0.2, -0.15) is 0 Å². The fraction of sp³-hybridized carbons (Fsp3) is 0.417. The van der Waals surface area contributed by atoms with Crippen molar-refractivity contribution in [1.82, 2.24) is 20.2 Å². The van der Waals surface area contributed by atoms with Crippen LogP contribution in [0.15, 0.2) is 54.7 Å². The largest absolute Gasteiger partial charge is 0.396 e. The zero-order valence-corrected chi connectivity index (χ0v) is 16.7. The second kappa shape index (κ2) is 7.82. The molecule has 5 nitrogen and oxygen atoms in total. The van der Waals surface area contributed by atoms with Gasteiger partial charge in [-0.1, -0.05) is 36.4 Å². The number of aromatic nitrogens is 2. The van der Waals surface area contributed by atoms with Crippen LogP contribution in [0.5, 0.6) is 0 Å². The van der Waals surface area contributed by atoms with E-state index < -0.39 is 0 Å². The topological polar surface area (TPSA) is 61.3 Å². The van der Waals surface area contributed by atoms with Gasteiger partial charge in [0.25, 0.3) is 0 Å². The van der Waals surface area contributed by atoms with E-state index in [1.54, 1.807) is 0 Å². The Bertz CT molecular complexity index is 991. The number of piperidine rings is 1. The fourth-order valence-electron chi connectivity index (χ4n) is 4.92. The SMILES string of the molecule is OCC1CCN([C@@]2(c3nccc(-c4ccc5ccccc5c4)n3)CCNC2)CC1. The average molecular weight is 389 g/mol. The van der Waals surface area contributed by atoms with Crippen LogP contribution in [-0.2, 0) is 5.54 Å². The molecule has 2 aromatic carbocycles. The smallest absolute Gasteiger partial charge is 0.150 e. The van der Waals surface area contributed by atoms with Crippen molar-refractivity contribution in [3.05, 3.63) is 60.6 Å². The summed E-state index contributed by atoms with van der Waals surface area (Å²) in [5, 5.41) is 15.5. The molecule has 0 saturated carbocycles. The summed E-state index contributed by atoms with van der Waals surface area (Å²) >= 11 is 0. The third kappa shape index (κ3) is 3.44. The lowest BCUT2D eigenvalue weighted by molar-refractivity contribution is 0.0405. The maximum absolute atomic E-state index is 9.51. The molecule has 0 unspecified atom stereocenters. The minimum Gasteiger partial charge on any atom is -0.396 e. The van der Waals surface area contributed by atoms with Gasteiger partial charge in [-0.25, -0.2) is 9.97 Å². The molecule has 1 aromatic heterocycles. The van der Waals surface area contributed by atoms with Crippen molar-refractivity contribution < 1.29 is 5.11 Å². The Morgan fingerprint density at radius 3 is 2.66 bits per heavy atom. The maximum atomic E-state index is 9.51. The van der Waals surface area contributed by atoms with Gasteiger partial charge in [0.05, 0.1) is 11.2 Å². The van der Waals surface area contributed by atoms with Gasteiger partial charge in [0.15, 0.2) is 5.82 Å². The van der Waals surface area contributed by atoms with E-state index in [9.17, 15) is 5.11 Å². The molecule has 0 aliphatic carbocycles. The molecule has 0 bridgehead atoms. The number of rotatable bonds is 4. The van der Waals surface area contributed by atoms with Crippen LogP contribution in [0.1, 0.15) is 25.1 Å². The van der Waals surface area contributed by atoms with E-state index in [0.29, 0.717) is 12.5 Å². The molecule has 150 valence electrons. The highest BCUT2D eigenvalue weighted by Crippen LogP contribution is 2.36. The molecule has 3 aromatic rings. The number of benzene rings is 2. The van der Waals surface area contributed by atoms with E-state index in [4.69, 9.17) is 9.97 Å². The molecule has 2 fully saturated rings. The quantitative estimate of drug-likeness (QED) is 0.719. The Morgan fingerprint density at radius 2 is 1.90 bits per heavy atom. The first kappa shape index (κ1) is 18.7. The lowest BCUT2D eigenvalue weighted by Gasteiger charge is -2.43. The zero-order chi connectivity index (χ0) is 19.7. The highest BCUT2D eigenvalue weighted by Gasteiger charge is 2.44. The lowest BCUT2D eigenvalue weighted by atomic mass is 9.88. The molecule has 0 amide bonds. The molecule has 5 heteroatoms. The van der Waals surface area contributed by atoms with Crippen LogP contribution in [0.2, 0.25) is 0 Å². The molecule has 2 aliphatic heterocycles. The average Bonchev–Trinajstić information content (AvgIpc) is 3.30. The Labute approximate surface area is 171 Å². The minimum atomic E-state index is -0.146. The van der Waals surface area contributed by atoms with E-state index in [2.05, 4.69) is 52.7 Å². The number of likely N-dealkylation sites (tertiary alicyclic amines) is 1. The lowest BCUT2D eigenvalue weighted by Crippen LogP contribution is -2.52. The van der Waals surface area contributed by atoms with E-state index in [-0.39, 0.29) is 5.54 Å². The molecule has 29 heavy (non-hydrogen) atoms. The molecule has 0 radical (unpaired) electrons. The summed E-state index contributed by atoms with van der Waals surface area (Å²) in [6.45, 7) is 4.17. The highest BCUT2D eigenvalue weighted by atomic mass is 16.3. The number of nitrogens with one attached hydrogen (secondary N) is 1. The van der Waals surface area contributed by atoms with Gasteiger partial charge < -0.3 is 10.4 Å². The number of fused-ring (bicyclic) bond motifs is 1. The summed E-state index contributed by atoms with van der Waals surface area (Å²) < 4.78 is 0. The van der Waals surface area contributed by atoms with Crippen LogP contribution in [0.3, 0.4) is 0 Å². The Balaban J connectivity index is 1.50. The molecule has 5 rings (SSSR count). The van der Waals surface area contributed by atoms with Gasteiger partial charge in [-0.3, -0.25) is 4.90 Å². The van der Waals surface area contributed by atoms with Gasteiger partial charge in [0.2, 0.25) is 0 Å². The Morgan fingerprint density at radius 1 is 1.07 bits per heavy atom. The third-order valence-corrected chi connectivity index (χ3v) is 6.73. The van der Waals surface area contributed by atoms with Crippen molar-refractivity contribution in [3.63, 3.8) is 0 Å². The summed E-state index contributed by atoms with van der Waals surface area (Å²) in [5.74, 6) is 1.36. The van der Waals surface area contributed by atoms with Gasteiger partial charge in [-0.15, -0.1) is 0 Å². The predicted octanol–water partition coefficient (Wildman–Crippen LogP) is 3.19. The number of nitrogens with zero attached hydrogens (tertiary/aromatic N) is 3.